The minimum absolute atomic E-state index is 0.0642. The quantitative estimate of drug-likeness (QED) is 0.919. The molecule has 0 saturated carbocycles. The van der Waals surface area contributed by atoms with Crippen LogP contribution in [0.2, 0.25) is 5.02 Å². The molecule has 1 atom stereocenters. The van der Waals surface area contributed by atoms with Crippen LogP contribution >= 0.6 is 11.6 Å². The highest BCUT2D eigenvalue weighted by molar-refractivity contribution is 6.31. The number of nitrogens with one attached hydrogen (secondary N) is 1. The Morgan fingerprint density at radius 1 is 1.45 bits per heavy atom. The van der Waals surface area contributed by atoms with Crippen molar-refractivity contribution >= 4 is 17.5 Å². The van der Waals surface area contributed by atoms with E-state index in [-0.39, 0.29) is 29.0 Å². The standard InChI is InChI=1S/C15H15ClFNO2/c1-10(7-11-5-6-20-9-11)18-15(19)8-12-13(16)3-2-4-14(12)17/h2-6,9-10H,7-8H2,1H3,(H,18,19). The molecule has 0 aliphatic carbocycles. The minimum atomic E-state index is -0.463. The van der Waals surface area contributed by atoms with Gasteiger partial charge in [-0.15, -0.1) is 0 Å². The summed E-state index contributed by atoms with van der Waals surface area (Å²) in [5.74, 6) is -0.719. The van der Waals surface area contributed by atoms with Crippen molar-refractivity contribution in [2.45, 2.75) is 25.8 Å². The van der Waals surface area contributed by atoms with Gasteiger partial charge >= 0.3 is 0 Å². The molecular weight excluding hydrogens is 281 g/mol. The van der Waals surface area contributed by atoms with Gasteiger partial charge in [-0.3, -0.25) is 4.79 Å². The third kappa shape index (κ3) is 3.84. The molecule has 0 saturated heterocycles. The fourth-order valence-corrected chi connectivity index (χ4v) is 2.23. The van der Waals surface area contributed by atoms with Gasteiger partial charge in [0.1, 0.15) is 5.82 Å². The lowest BCUT2D eigenvalue weighted by molar-refractivity contribution is -0.121. The van der Waals surface area contributed by atoms with Gasteiger partial charge in [0.15, 0.2) is 0 Å². The summed E-state index contributed by atoms with van der Waals surface area (Å²) in [5, 5.41) is 3.08. The van der Waals surface area contributed by atoms with E-state index in [9.17, 15) is 9.18 Å². The lowest BCUT2D eigenvalue weighted by atomic mass is 10.1. The molecule has 1 N–H and O–H groups in total. The van der Waals surface area contributed by atoms with E-state index < -0.39 is 5.82 Å². The van der Waals surface area contributed by atoms with E-state index in [0.717, 1.165) is 5.56 Å². The van der Waals surface area contributed by atoms with E-state index in [0.29, 0.717) is 6.42 Å². The summed E-state index contributed by atoms with van der Waals surface area (Å²) in [6.07, 6.45) is 3.81. The number of amides is 1. The first kappa shape index (κ1) is 14.6. The Bertz CT molecular complexity index is 563. The van der Waals surface area contributed by atoms with Crippen molar-refractivity contribution in [2.75, 3.05) is 0 Å². The van der Waals surface area contributed by atoms with Crippen LogP contribution in [0.4, 0.5) is 4.39 Å². The summed E-state index contributed by atoms with van der Waals surface area (Å²) in [6, 6.07) is 6.16. The van der Waals surface area contributed by atoms with Crippen molar-refractivity contribution in [3.05, 3.63) is 58.8 Å². The van der Waals surface area contributed by atoms with Gasteiger partial charge in [0.05, 0.1) is 18.9 Å². The van der Waals surface area contributed by atoms with E-state index in [1.54, 1.807) is 18.6 Å². The van der Waals surface area contributed by atoms with Crippen LogP contribution in [0.15, 0.2) is 41.2 Å². The van der Waals surface area contributed by atoms with Crippen LogP contribution in [-0.2, 0) is 17.6 Å². The fraction of sp³-hybridized carbons (Fsp3) is 0.267. The van der Waals surface area contributed by atoms with Crippen molar-refractivity contribution in [3.8, 4) is 0 Å². The molecule has 20 heavy (non-hydrogen) atoms. The topological polar surface area (TPSA) is 42.2 Å². The van der Waals surface area contributed by atoms with Crippen LogP contribution in [0, 0.1) is 5.82 Å². The van der Waals surface area contributed by atoms with Gasteiger partial charge in [-0.05, 0) is 37.1 Å². The molecule has 0 radical (unpaired) electrons. The van der Waals surface area contributed by atoms with Gasteiger partial charge in [-0.2, -0.15) is 0 Å². The second-order valence-electron chi connectivity index (χ2n) is 4.68. The first-order valence-corrected chi connectivity index (χ1v) is 6.67. The third-order valence-electron chi connectivity index (χ3n) is 2.93. The zero-order chi connectivity index (χ0) is 14.5. The molecule has 0 bridgehead atoms. The van der Waals surface area contributed by atoms with E-state index in [4.69, 9.17) is 16.0 Å². The largest absolute Gasteiger partial charge is 0.472 e. The maximum absolute atomic E-state index is 13.6. The van der Waals surface area contributed by atoms with Gasteiger partial charge in [0.25, 0.3) is 0 Å². The molecule has 0 spiro atoms. The van der Waals surface area contributed by atoms with E-state index in [2.05, 4.69) is 5.32 Å². The highest BCUT2D eigenvalue weighted by Crippen LogP contribution is 2.19. The number of halogens is 2. The molecule has 0 aliphatic rings. The van der Waals surface area contributed by atoms with Crippen molar-refractivity contribution in [2.24, 2.45) is 0 Å². The molecule has 1 amide bonds. The van der Waals surface area contributed by atoms with Gasteiger partial charge in [0, 0.05) is 16.6 Å². The lowest BCUT2D eigenvalue weighted by Gasteiger charge is -2.13. The number of carbonyl (C=O) groups is 1. The summed E-state index contributed by atoms with van der Waals surface area (Å²) >= 11 is 5.89. The van der Waals surface area contributed by atoms with Gasteiger partial charge in [-0.1, -0.05) is 17.7 Å². The summed E-state index contributed by atoms with van der Waals surface area (Å²) in [7, 11) is 0. The molecule has 0 fully saturated rings. The molecule has 106 valence electrons. The Morgan fingerprint density at radius 2 is 2.25 bits per heavy atom. The molecule has 5 heteroatoms. The number of furan rings is 1. The van der Waals surface area contributed by atoms with Crippen LogP contribution in [0.3, 0.4) is 0 Å². The van der Waals surface area contributed by atoms with Crippen molar-refractivity contribution < 1.29 is 13.6 Å². The Morgan fingerprint density at radius 3 is 2.90 bits per heavy atom. The SMILES string of the molecule is CC(Cc1ccoc1)NC(=O)Cc1c(F)cccc1Cl. The monoisotopic (exact) mass is 295 g/mol. The molecular formula is C15H15ClFNO2. The van der Waals surface area contributed by atoms with Gasteiger partial charge < -0.3 is 9.73 Å². The second-order valence-corrected chi connectivity index (χ2v) is 5.09. The predicted molar refractivity (Wildman–Crippen MR) is 75.1 cm³/mol. The number of benzene rings is 1. The molecule has 2 aromatic rings. The van der Waals surface area contributed by atoms with E-state index in [1.165, 1.54) is 12.1 Å². The molecule has 3 nitrogen and oxygen atoms in total. The molecule has 2 rings (SSSR count). The normalized spacial score (nSPS) is 12.2. The number of carbonyl (C=O) groups excluding carboxylic acids is 1. The van der Waals surface area contributed by atoms with Crippen LogP contribution < -0.4 is 5.32 Å². The zero-order valence-corrected chi connectivity index (χ0v) is 11.8. The lowest BCUT2D eigenvalue weighted by Crippen LogP contribution is -2.35. The number of hydrogen-bond acceptors (Lipinski definition) is 2. The van der Waals surface area contributed by atoms with Crippen molar-refractivity contribution in [1.29, 1.82) is 0 Å². The van der Waals surface area contributed by atoms with Crippen LogP contribution in [0.25, 0.3) is 0 Å². The summed E-state index contributed by atoms with van der Waals surface area (Å²) in [6.45, 7) is 1.88. The van der Waals surface area contributed by atoms with Crippen molar-refractivity contribution in [3.63, 3.8) is 0 Å². The van der Waals surface area contributed by atoms with Crippen LogP contribution in [0.5, 0.6) is 0 Å². The fourth-order valence-electron chi connectivity index (χ4n) is 2.00. The van der Waals surface area contributed by atoms with Crippen LogP contribution in [-0.4, -0.2) is 11.9 Å². The highest BCUT2D eigenvalue weighted by Gasteiger charge is 2.14. The maximum Gasteiger partial charge on any atom is 0.224 e. The smallest absolute Gasteiger partial charge is 0.224 e. The number of rotatable bonds is 5. The molecule has 1 heterocycles. The van der Waals surface area contributed by atoms with Crippen molar-refractivity contribution in [1.82, 2.24) is 5.32 Å². The molecule has 0 aliphatic heterocycles. The first-order chi connectivity index (χ1) is 9.56. The van der Waals surface area contributed by atoms with Crippen LogP contribution in [0.1, 0.15) is 18.1 Å². The third-order valence-corrected chi connectivity index (χ3v) is 3.28. The highest BCUT2D eigenvalue weighted by atomic mass is 35.5. The zero-order valence-electron chi connectivity index (χ0n) is 11.0. The first-order valence-electron chi connectivity index (χ1n) is 6.29. The Balaban J connectivity index is 1.92. The Labute approximate surface area is 121 Å². The van der Waals surface area contributed by atoms with E-state index in [1.807, 2.05) is 13.0 Å². The molecule has 1 unspecified atom stereocenters. The maximum atomic E-state index is 13.6. The molecule has 1 aromatic carbocycles. The Kier molecular flexibility index (Phi) is 4.79. The minimum Gasteiger partial charge on any atom is -0.472 e. The summed E-state index contributed by atoms with van der Waals surface area (Å²) in [4.78, 5) is 11.9. The molecule has 1 aromatic heterocycles. The number of hydrogen-bond donors (Lipinski definition) is 1. The van der Waals surface area contributed by atoms with E-state index >= 15 is 0 Å². The van der Waals surface area contributed by atoms with Gasteiger partial charge in [0.2, 0.25) is 5.91 Å². The summed E-state index contributed by atoms with van der Waals surface area (Å²) < 4.78 is 18.5. The predicted octanol–water partition coefficient (Wildman–Crippen LogP) is 3.36. The Hall–Kier alpha value is -1.81. The average Bonchev–Trinajstić information content (AvgIpc) is 2.86. The average molecular weight is 296 g/mol. The second kappa shape index (κ2) is 6.57. The van der Waals surface area contributed by atoms with Gasteiger partial charge in [-0.25, -0.2) is 4.39 Å². The summed E-state index contributed by atoms with van der Waals surface area (Å²) in [5.41, 5.74) is 1.23.